The highest BCUT2D eigenvalue weighted by Crippen LogP contribution is 2.65. The first kappa shape index (κ1) is 22.5. The van der Waals surface area contributed by atoms with E-state index in [4.69, 9.17) is 4.74 Å². The topological polar surface area (TPSA) is 67.4 Å². The Morgan fingerprint density at radius 2 is 1.88 bits per heavy atom. The van der Waals surface area contributed by atoms with E-state index in [1.54, 1.807) is 13.2 Å². The average Bonchev–Trinajstić information content (AvgIpc) is 3.15. The van der Waals surface area contributed by atoms with Gasteiger partial charge in [-0.25, -0.2) is 0 Å². The van der Waals surface area contributed by atoms with Crippen molar-refractivity contribution in [2.24, 2.45) is 34.5 Å². The van der Waals surface area contributed by atoms with Crippen molar-refractivity contribution >= 4 is 17.5 Å². The maximum Gasteiger partial charge on any atom is 0.243 e. The fourth-order valence-electron chi connectivity index (χ4n) is 8.12. The molecule has 0 saturated heterocycles. The fraction of sp³-hybridized carbons (Fsp3) is 0.643. The molecule has 1 heterocycles. The average molecular weight is 451 g/mol. The molecule has 1 aromatic rings. The van der Waals surface area contributed by atoms with Gasteiger partial charge in [-0.15, -0.1) is 0 Å². The number of carbonyl (C=O) groups is 2. The standard InChI is InChI=1S/C28H38N2O3/c1-27-16-14-23-21(10-12-24-28(23,2)17-15-26(32)30-24)22(27)11-4-18(27)5-13-25(31)29-19-6-8-20(33-3)9-7-19/h6-9,15,17-18,21-24H,4-5,10-14,16H2,1-3H3,(H,29,31)(H,30,32)/t18-,21+,22+,23+,24?,27-,28-/m1/s1. The number of ether oxygens (including phenoxy) is 1. The summed E-state index contributed by atoms with van der Waals surface area (Å²) >= 11 is 0. The summed E-state index contributed by atoms with van der Waals surface area (Å²) in [4.78, 5) is 24.6. The number of amides is 2. The number of benzene rings is 1. The highest BCUT2D eigenvalue weighted by molar-refractivity contribution is 5.90. The van der Waals surface area contributed by atoms with Crippen molar-refractivity contribution in [3.8, 4) is 5.75 Å². The number of fused-ring (bicyclic) bond motifs is 5. The van der Waals surface area contributed by atoms with Crippen LogP contribution in [0.3, 0.4) is 0 Å². The van der Waals surface area contributed by atoms with Crippen LogP contribution in [0.15, 0.2) is 36.4 Å². The SMILES string of the molecule is COc1ccc(NC(=O)CC[C@H]2CC[C@H]3[C@@H]4CCC5NC(=O)C=C[C@]5(C)[C@H]4CC[C@]23C)cc1. The van der Waals surface area contributed by atoms with E-state index in [1.165, 1.54) is 32.1 Å². The van der Waals surface area contributed by atoms with Crippen LogP contribution in [0.5, 0.6) is 5.75 Å². The van der Waals surface area contributed by atoms with Crippen LogP contribution in [-0.4, -0.2) is 25.0 Å². The highest BCUT2D eigenvalue weighted by Gasteiger charge is 2.59. The summed E-state index contributed by atoms with van der Waals surface area (Å²) in [6.07, 6.45) is 12.9. The molecule has 5 heteroatoms. The van der Waals surface area contributed by atoms with E-state index in [1.807, 2.05) is 24.3 Å². The molecule has 33 heavy (non-hydrogen) atoms. The van der Waals surface area contributed by atoms with Gasteiger partial charge in [0.05, 0.1) is 7.11 Å². The molecular formula is C28H38N2O3. The molecule has 5 nitrogen and oxygen atoms in total. The van der Waals surface area contributed by atoms with Gasteiger partial charge in [0.1, 0.15) is 5.75 Å². The van der Waals surface area contributed by atoms with Crippen LogP contribution in [0.25, 0.3) is 0 Å². The van der Waals surface area contributed by atoms with Gasteiger partial charge in [-0.3, -0.25) is 9.59 Å². The molecule has 5 rings (SSSR count). The molecule has 3 aliphatic carbocycles. The molecule has 3 fully saturated rings. The molecule has 1 unspecified atom stereocenters. The van der Waals surface area contributed by atoms with Gasteiger partial charge in [0.15, 0.2) is 0 Å². The third kappa shape index (κ3) is 3.87. The lowest BCUT2D eigenvalue weighted by Crippen LogP contribution is -2.59. The number of hydrogen-bond donors (Lipinski definition) is 2. The van der Waals surface area contributed by atoms with Crippen LogP contribution in [0.4, 0.5) is 5.69 Å². The minimum Gasteiger partial charge on any atom is -0.497 e. The summed E-state index contributed by atoms with van der Waals surface area (Å²) < 4.78 is 5.19. The Bertz CT molecular complexity index is 941. The molecule has 7 atom stereocenters. The van der Waals surface area contributed by atoms with E-state index in [2.05, 4.69) is 30.6 Å². The van der Waals surface area contributed by atoms with Crippen molar-refractivity contribution in [1.29, 1.82) is 0 Å². The molecule has 3 saturated carbocycles. The molecule has 1 aromatic carbocycles. The Morgan fingerprint density at radius 3 is 2.64 bits per heavy atom. The van der Waals surface area contributed by atoms with Crippen LogP contribution in [0.2, 0.25) is 0 Å². The predicted octanol–water partition coefficient (Wildman–Crippen LogP) is 5.33. The van der Waals surface area contributed by atoms with Crippen LogP contribution >= 0.6 is 0 Å². The monoisotopic (exact) mass is 450 g/mol. The summed E-state index contributed by atoms with van der Waals surface area (Å²) in [5.41, 5.74) is 1.26. The number of anilines is 1. The molecule has 0 bridgehead atoms. The second kappa shape index (κ2) is 8.48. The lowest BCUT2D eigenvalue weighted by atomic mass is 9.48. The summed E-state index contributed by atoms with van der Waals surface area (Å²) in [5.74, 6) is 3.74. The Balaban J connectivity index is 1.22. The molecule has 0 aromatic heterocycles. The molecule has 0 spiro atoms. The summed E-state index contributed by atoms with van der Waals surface area (Å²) in [7, 11) is 1.65. The van der Waals surface area contributed by atoms with Crippen molar-refractivity contribution in [2.45, 2.75) is 71.3 Å². The quantitative estimate of drug-likeness (QED) is 0.637. The van der Waals surface area contributed by atoms with E-state index in [-0.39, 0.29) is 17.2 Å². The van der Waals surface area contributed by atoms with Crippen LogP contribution in [0, 0.1) is 34.5 Å². The second-order valence-electron chi connectivity index (χ2n) is 11.3. The zero-order valence-electron chi connectivity index (χ0n) is 20.2. The smallest absolute Gasteiger partial charge is 0.243 e. The molecule has 1 aliphatic heterocycles. The number of hydrogen-bond acceptors (Lipinski definition) is 3. The van der Waals surface area contributed by atoms with Gasteiger partial charge in [-0.1, -0.05) is 19.9 Å². The lowest BCUT2D eigenvalue weighted by Gasteiger charge is -2.59. The van der Waals surface area contributed by atoms with E-state index in [0.717, 1.165) is 36.1 Å². The number of methoxy groups -OCH3 is 1. The number of carbonyl (C=O) groups excluding carboxylic acids is 2. The van der Waals surface area contributed by atoms with Gasteiger partial charge in [0, 0.05) is 23.6 Å². The van der Waals surface area contributed by atoms with Crippen LogP contribution < -0.4 is 15.4 Å². The molecule has 2 N–H and O–H groups in total. The largest absolute Gasteiger partial charge is 0.497 e. The van der Waals surface area contributed by atoms with Gasteiger partial charge in [-0.2, -0.15) is 0 Å². The van der Waals surface area contributed by atoms with Crippen molar-refractivity contribution < 1.29 is 14.3 Å². The molecule has 2 amide bonds. The Hall–Kier alpha value is -2.30. The van der Waals surface area contributed by atoms with Gasteiger partial charge < -0.3 is 15.4 Å². The Morgan fingerprint density at radius 1 is 1.09 bits per heavy atom. The minimum absolute atomic E-state index is 0.0745. The van der Waals surface area contributed by atoms with E-state index in [0.29, 0.717) is 29.7 Å². The van der Waals surface area contributed by atoms with Gasteiger partial charge >= 0.3 is 0 Å². The van der Waals surface area contributed by atoms with Gasteiger partial charge in [0.25, 0.3) is 0 Å². The summed E-state index contributed by atoms with van der Waals surface area (Å²) in [5, 5.41) is 6.30. The van der Waals surface area contributed by atoms with Crippen molar-refractivity contribution in [3.05, 3.63) is 36.4 Å². The Kier molecular flexibility index (Phi) is 5.78. The number of nitrogens with one attached hydrogen (secondary N) is 2. The third-order valence-corrected chi connectivity index (χ3v) is 9.98. The summed E-state index contributed by atoms with van der Waals surface area (Å²) in [6, 6.07) is 7.82. The fourth-order valence-corrected chi connectivity index (χ4v) is 8.12. The highest BCUT2D eigenvalue weighted by atomic mass is 16.5. The van der Waals surface area contributed by atoms with Crippen LogP contribution in [0.1, 0.15) is 65.2 Å². The van der Waals surface area contributed by atoms with E-state index >= 15 is 0 Å². The third-order valence-electron chi connectivity index (χ3n) is 9.98. The van der Waals surface area contributed by atoms with Gasteiger partial charge in [-0.05, 0) is 104 Å². The zero-order chi connectivity index (χ0) is 23.2. The summed E-state index contributed by atoms with van der Waals surface area (Å²) in [6.45, 7) is 4.89. The van der Waals surface area contributed by atoms with E-state index in [9.17, 15) is 9.59 Å². The minimum atomic E-state index is 0.0745. The van der Waals surface area contributed by atoms with Crippen molar-refractivity contribution in [3.63, 3.8) is 0 Å². The second-order valence-corrected chi connectivity index (χ2v) is 11.3. The maximum absolute atomic E-state index is 12.7. The zero-order valence-corrected chi connectivity index (χ0v) is 20.2. The van der Waals surface area contributed by atoms with E-state index < -0.39 is 0 Å². The normalized spacial score (nSPS) is 39.1. The lowest BCUT2D eigenvalue weighted by molar-refractivity contribution is -0.123. The molecular weight excluding hydrogens is 412 g/mol. The maximum atomic E-state index is 12.7. The van der Waals surface area contributed by atoms with Gasteiger partial charge in [0.2, 0.25) is 11.8 Å². The first-order valence-corrected chi connectivity index (χ1v) is 12.8. The van der Waals surface area contributed by atoms with Crippen LogP contribution in [-0.2, 0) is 9.59 Å². The van der Waals surface area contributed by atoms with Crippen molar-refractivity contribution in [1.82, 2.24) is 5.32 Å². The van der Waals surface area contributed by atoms with Crippen molar-refractivity contribution in [2.75, 3.05) is 12.4 Å². The molecule has 178 valence electrons. The first-order valence-electron chi connectivity index (χ1n) is 12.8. The molecule has 4 aliphatic rings. The Labute approximate surface area is 197 Å². The molecule has 0 radical (unpaired) electrons. The number of rotatable bonds is 5. The predicted molar refractivity (Wildman–Crippen MR) is 130 cm³/mol. The first-order chi connectivity index (χ1) is 15.8.